The fourth-order valence-corrected chi connectivity index (χ4v) is 10.2. The van der Waals surface area contributed by atoms with Crippen molar-refractivity contribution in [3.8, 4) is 0 Å². The first-order chi connectivity index (χ1) is 26.4. The summed E-state index contributed by atoms with van der Waals surface area (Å²) in [7, 11) is 0. The number of ketones is 1. The number of halogens is 1. The summed E-state index contributed by atoms with van der Waals surface area (Å²) < 4.78 is 10.1. The van der Waals surface area contributed by atoms with E-state index in [4.69, 9.17) is 9.47 Å². The number of hydrogen-bond donors (Lipinski definition) is 1. The fourth-order valence-electron chi connectivity index (χ4n) is 10.2. The maximum atomic E-state index is 11.9. The molecular weight excluding hydrogens is 736 g/mol. The summed E-state index contributed by atoms with van der Waals surface area (Å²) in [5.41, 5.74) is 0.468. The zero-order valence-corrected chi connectivity index (χ0v) is 35.6. The van der Waals surface area contributed by atoms with E-state index in [0.29, 0.717) is 67.8 Å². The van der Waals surface area contributed by atoms with Gasteiger partial charge in [0, 0.05) is 89.5 Å². The van der Waals surface area contributed by atoms with Crippen LogP contribution < -0.4 is 5.32 Å². The molecule has 0 unspecified atom stereocenters. The van der Waals surface area contributed by atoms with Crippen LogP contribution >= 0.6 is 12.4 Å². The predicted octanol–water partition coefficient (Wildman–Crippen LogP) is 5.34. The molecule has 14 heteroatoms. The molecule has 4 aliphatic carbocycles. The van der Waals surface area contributed by atoms with Crippen molar-refractivity contribution in [2.75, 3.05) is 78.7 Å². The molecule has 0 aromatic carbocycles. The fraction of sp³-hybridized carbons (Fsp3) is 0.881. The van der Waals surface area contributed by atoms with Crippen LogP contribution in [-0.4, -0.2) is 151 Å². The summed E-state index contributed by atoms with van der Waals surface area (Å²) in [6.07, 6.45) is 15.2. The zero-order chi connectivity index (χ0) is 39.2. The van der Waals surface area contributed by atoms with Crippen molar-refractivity contribution in [3.05, 3.63) is 0 Å². The standard InChI is InChI=1S/C21H35N3O3.C11H20N2O.C10H15NO3.ClH/c1-3-27-20(26)23-11-8-21(15-23)12-19(13-21)22-9-6-17(7-10-22)14-24(16(2)25)18-4-5-18;1-9(14)13(11-2-3-11)8-10-4-6-12-7-5-10;1-2-14-9(13)11-4-3-10(7-11)5-8(12)6-10;/h17-19H,3-15H2,1-2H3;10-12H,2-8H2,1H3;2-7H2,1H3;1H. The average molecular weight is 808 g/mol. The highest BCUT2D eigenvalue weighted by Crippen LogP contribution is 2.51. The van der Waals surface area contributed by atoms with Gasteiger partial charge in [-0.05, 0) is 134 Å². The van der Waals surface area contributed by atoms with Crippen molar-refractivity contribution in [3.63, 3.8) is 0 Å². The van der Waals surface area contributed by atoms with E-state index in [1.807, 2.05) is 11.8 Å². The van der Waals surface area contributed by atoms with E-state index in [9.17, 15) is 24.0 Å². The van der Waals surface area contributed by atoms with Gasteiger partial charge in [-0.2, -0.15) is 0 Å². The molecule has 4 heterocycles. The molecule has 13 nitrogen and oxygen atoms in total. The molecule has 4 saturated carbocycles. The Bertz CT molecular complexity index is 1350. The average Bonchev–Trinajstić information content (AvgIpc) is 4.08. The van der Waals surface area contributed by atoms with Crippen molar-refractivity contribution in [1.29, 1.82) is 0 Å². The van der Waals surface area contributed by atoms with Gasteiger partial charge in [0.05, 0.1) is 13.2 Å². The minimum Gasteiger partial charge on any atom is -0.450 e. The molecule has 2 spiro atoms. The SMILES string of the molecule is CC(=O)N(CC1CCNCC1)C1CC1.CCOC(=O)N1CCC2(CC(=O)C2)C1.CCOC(=O)N1CCC2(CC(N3CCC(CN(C(C)=O)C4CC4)CC3)C2)C1.Cl. The van der Waals surface area contributed by atoms with Gasteiger partial charge in [0.15, 0.2) is 0 Å². The van der Waals surface area contributed by atoms with Gasteiger partial charge in [0.2, 0.25) is 11.8 Å². The van der Waals surface area contributed by atoms with Crippen LogP contribution in [0.2, 0.25) is 0 Å². The normalized spacial score (nSPS) is 27.1. The van der Waals surface area contributed by atoms with E-state index in [1.165, 1.54) is 77.3 Å². The Morgan fingerprint density at radius 2 is 1.12 bits per heavy atom. The number of piperidine rings is 2. The lowest BCUT2D eigenvalue weighted by atomic mass is 9.64. The minimum absolute atomic E-state index is 0. The Labute approximate surface area is 341 Å². The van der Waals surface area contributed by atoms with Gasteiger partial charge in [-0.15, -0.1) is 12.4 Å². The molecule has 56 heavy (non-hydrogen) atoms. The quantitative estimate of drug-likeness (QED) is 0.328. The molecule has 8 rings (SSSR count). The first-order valence-electron chi connectivity index (χ1n) is 21.8. The third-order valence-corrected chi connectivity index (χ3v) is 13.7. The monoisotopic (exact) mass is 807 g/mol. The number of ether oxygens (including phenoxy) is 2. The molecule has 8 fully saturated rings. The van der Waals surface area contributed by atoms with Gasteiger partial charge >= 0.3 is 12.2 Å². The van der Waals surface area contributed by atoms with E-state index >= 15 is 0 Å². The molecule has 0 aromatic rings. The van der Waals surface area contributed by atoms with Crippen LogP contribution in [0.25, 0.3) is 0 Å². The molecule has 1 N–H and O–H groups in total. The minimum atomic E-state index is -0.233. The van der Waals surface area contributed by atoms with Gasteiger partial charge in [-0.25, -0.2) is 9.59 Å². The Hall–Kier alpha value is -2.64. The number of Topliss-reactive ketones (excluding diaryl/α,β-unsaturated/α-hetero) is 1. The van der Waals surface area contributed by atoms with E-state index in [1.54, 1.807) is 25.7 Å². The van der Waals surface area contributed by atoms with Crippen molar-refractivity contribution < 1.29 is 33.4 Å². The highest BCUT2D eigenvalue weighted by molar-refractivity contribution is 5.86. The number of amides is 4. The van der Waals surface area contributed by atoms with Crippen LogP contribution in [0.4, 0.5) is 9.59 Å². The molecule has 4 saturated heterocycles. The van der Waals surface area contributed by atoms with E-state index in [-0.39, 0.29) is 41.8 Å². The number of nitrogens with zero attached hydrogens (tertiary/aromatic N) is 5. The van der Waals surface area contributed by atoms with Gasteiger partial charge < -0.3 is 39.3 Å². The third-order valence-electron chi connectivity index (χ3n) is 13.7. The van der Waals surface area contributed by atoms with Crippen molar-refractivity contribution >= 4 is 42.2 Å². The lowest BCUT2D eigenvalue weighted by Gasteiger charge is -2.51. The zero-order valence-electron chi connectivity index (χ0n) is 34.8. The number of carbonyl (C=O) groups is 5. The summed E-state index contributed by atoms with van der Waals surface area (Å²) in [6.45, 7) is 17.7. The molecule has 0 aromatic heterocycles. The van der Waals surface area contributed by atoms with E-state index in [0.717, 1.165) is 64.6 Å². The summed E-state index contributed by atoms with van der Waals surface area (Å²) in [6, 6.07) is 1.82. The summed E-state index contributed by atoms with van der Waals surface area (Å²) in [4.78, 5) is 68.0. The van der Waals surface area contributed by atoms with Crippen molar-refractivity contribution in [1.82, 2.24) is 29.8 Å². The van der Waals surface area contributed by atoms with Gasteiger partial charge in [-0.1, -0.05) is 0 Å². The van der Waals surface area contributed by atoms with Gasteiger partial charge in [0.25, 0.3) is 0 Å². The van der Waals surface area contributed by atoms with Crippen LogP contribution in [0.1, 0.15) is 118 Å². The largest absolute Gasteiger partial charge is 0.450 e. The summed E-state index contributed by atoms with van der Waals surface area (Å²) in [5.74, 6) is 2.27. The van der Waals surface area contributed by atoms with Crippen molar-refractivity contribution in [2.24, 2.45) is 22.7 Å². The Kier molecular flexibility index (Phi) is 15.8. The molecule has 4 aliphatic heterocycles. The maximum Gasteiger partial charge on any atom is 0.409 e. The molecule has 0 bridgehead atoms. The third kappa shape index (κ3) is 11.7. The van der Waals surface area contributed by atoms with E-state index < -0.39 is 0 Å². The van der Waals surface area contributed by atoms with Crippen LogP contribution in [0.3, 0.4) is 0 Å². The van der Waals surface area contributed by atoms with Crippen LogP contribution in [0, 0.1) is 22.7 Å². The first kappa shape index (κ1) is 44.5. The van der Waals surface area contributed by atoms with Gasteiger partial charge in [-0.3, -0.25) is 14.4 Å². The second kappa shape index (κ2) is 19.9. The lowest BCUT2D eigenvalue weighted by molar-refractivity contribution is -0.132. The number of rotatable bonds is 9. The van der Waals surface area contributed by atoms with Crippen molar-refractivity contribution in [2.45, 2.75) is 136 Å². The Balaban J connectivity index is 0.000000175. The summed E-state index contributed by atoms with van der Waals surface area (Å²) in [5, 5.41) is 3.36. The van der Waals surface area contributed by atoms with E-state index in [2.05, 4.69) is 20.0 Å². The number of hydrogen-bond acceptors (Lipinski definition) is 9. The smallest absolute Gasteiger partial charge is 0.409 e. The highest BCUT2D eigenvalue weighted by atomic mass is 35.5. The van der Waals surface area contributed by atoms with Gasteiger partial charge in [0.1, 0.15) is 5.78 Å². The highest BCUT2D eigenvalue weighted by Gasteiger charge is 2.52. The van der Waals surface area contributed by atoms with Crippen LogP contribution in [-0.2, 0) is 23.9 Å². The second-order valence-corrected chi connectivity index (χ2v) is 18.2. The summed E-state index contributed by atoms with van der Waals surface area (Å²) >= 11 is 0. The molecular formula is C42H71ClN6O7. The Morgan fingerprint density at radius 3 is 1.55 bits per heavy atom. The number of likely N-dealkylation sites (tertiary alicyclic amines) is 3. The molecule has 0 atom stereocenters. The molecule has 4 amide bonds. The first-order valence-corrected chi connectivity index (χ1v) is 21.8. The van der Waals surface area contributed by atoms with Crippen LogP contribution in [0.15, 0.2) is 0 Å². The lowest BCUT2D eigenvalue weighted by Crippen LogP contribution is -2.54. The Morgan fingerprint density at radius 1 is 0.679 bits per heavy atom. The molecule has 318 valence electrons. The predicted molar refractivity (Wildman–Crippen MR) is 217 cm³/mol. The molecule has 0 radical (unpaired) electrons. The second-order valence-electron chi connectivity index (χ2n) is 18.2. The number of nitrogens with one attached hydrogen (secondary N) is 1. The topological polar surface area (TPSA) is 132 Å². The number of carbonyl (C=O) groups excluding carboxylic acids is 5. The maximum absolute atomic E-state index is 11.9. The van der Waals surface area contributed by atoms with Crippen LogP contribution in [0.5, 0.6) is 0 Å². The molecule has 8 aliphatic rings.